The van der Waals surface area contributed by atoms with Gasteiger partial charge in [0.05, 0.1) is 12.2 Å². The van der Waals surface area contributed by atoms with Crippen molar-refractivity contribution in [1.29, 1.82) is 0 Å². The molecule has 136 valence electrons. The molecule has 0 radical (unpaired) electrons. The highest BCUT2D eigenvalue weighted by molar-refractivity contribution is 6.32. The van der Waals surface area contributed by atoms with E-state index in [0.29, 0.717) is 30.2 Å². The molecular formula is C19H19Cl2N3O2. The number of benzene rings is 2. The van der Waals surface area contributed by atoms with Gasteiger partial charge in [-0.05, 0) is 29.8 Å². The Kier molecular flexibility index (Phi) is 5.53. The van der Waals surface area contributed by atoms with Gasteiger partial charge in [-0.25, -0.2) is 0 Å². The number of aliphatic hydroxyl groups excluding tert-OH is 1. The third kappa shape index (κ3) is 3.31. The Morgan fingerprint density at radius 1 is 1.19 bits per heavy atom. The number of carbonyl (C=O) groups excluding carboxylic acids is 1. The first kappa shape index (κ1) is 18.7. The summed E-state index contributed by atoms with van der Waals surface area (Å²) in [5.41, 5.74) is 5.44. The maximum atomic E-state index is 12.2. The van der Waals surface area contributed by atoms with Crippen LogP contribution in [0.4, 0.5) is 0 Å². The molecule has 0 spiro atoms. The third-order valence-electron chi connectivity index (χ3n) is 4.50. The number of halogens is 2. The monoisotopic (exact) mass is 391 g/mol. The number of H-pyrrole nitrogens is 1. The molecule has 0 atom stereocenters. The van der Waals surface area contributed by atoms with Crippen LogP contribution in [0.5, 0.6) is 0 Å². The fourth-order valence-electron chi connectivity index (χ4n) is 3.29. The van der Waals surface area contributed by atoms with E-state index in [2.05, 4.69) is 27.8 Å². The van der Waals surface area contributed by atoms with Crippen LogP contribution in [0.2, 0.25) is 5.02 Å². The standard InChI is InChI=1S/C19H18ClN3O2.ClH/c20-15-3-2-13(18-14(15)10-22-19(18)25)17-8-12-7-11(9-21-5-6-24)1-4-16(12)23-17;/h1-4,7-8,21,23-24H,5-6,9-10H2,(H,22,25);1H. The minimum absolute atomic E-state index is 0. The lowest BCUT2D eigenvalue weighted by atomic mass is 10.0. The number of aromatic nitrogens is 1. The van der Waals surface area contributed by atoms with Crippen LogP contribution in [0, 0.1) is 0 Å². The molecule has 1 aliphatic heterocycles. The van der Waals surface area contributed by atoms with Crippen molar-refractivity contribution in [2.75, 3.05) is 13.2 Å². The van der Waals surface area contributed by atoms with E-state index < -0.39 is 0 Å². The first-order valence-electron chi connectivity index (χ1n) is 8.20. The summed E-state index contributed by atoms with van der Waals surface area (Å²) < 4.78 is 0. The van der Waals surface area contributed by atoms with Crippen molar-refractivity contribution in [2.24, 2.45) is 0 Å². The maximum absolute atomic E-state index is 12.2. The van der Waals surface area contributed by atoms with E-state index in [4.69, 9.17) is 16.7 Å². The number of hydrogen-bond donors (Lipinski definition) is 4. The fourth-order valence-corrected chi connectivity index (χ4v) is 3.51. The molecule has 1 amide bonds. The molecule has 0 fully saturated rings. The first-order valence-corrected chi connectivity index (χ1v) is 8.58. The molecule has 0 aliphatic carbocycles. The number of aliphatic hydroxyl groups is 1. The zero-order valence-corrected chi connectivity index (χ0v) is 15.5. The molecule has 3 aromatic rings. The average molecular weight is 392 g/mol. The maximum Gasteiger partial charge on any atom is 0.252 e. The van der Waals surface area contributed by atoms with E-state index in [9.17, 15) is 4.79 Å². The Bertz CT molecular complexity index is 969. The zero-order chi connectivity index (χ0) is 17.4. The van der Waals surface area contributed by atoms with Crippen molar-refractivity contribution < 1.29 is 9.90 Å². The van der Waals surface area contributed by atoms with Crippen LogP contribution < -0.4 is 10.6 Å². The highest BCUT2D eigenvalue weighted by atomic mass is 35.5. The lowest BCUT2D eigenvalue weighted by molar-refractivity contribution is 0.0966. The average Bonchev–Trinajstić information content (AvgIpc) is 3.20. The molecule has 2 aromatic carbocycles. The summed E-state index contributed by atoms with van der Waals surface area (Å²) in [6.07, 6.45) is 0. The van der Waals surface area contributed by atoms with Gasteiger partial charge in [-0.3, -0.25) is 4.79 Å². The van der Waals surface area contributed by atoms with Crippen LogP contribution in [0.25, 0.3) is 22.2 Å². The highest BCUT2D eigenvalue weighted by Gasteiger charge is 2.26. The van der Waals surface area contributed by atoms with Gasteiger partial charge in [-0.1, -0.05) is 23.7 Å². The normalized spacial score (nSPS) is 12.8. The molecule has 26 heavy (non-hydrogen) atoms. The minimum Gasteiger partial charge on any atom is -0.395 e. The number of carbonyl (C=O) groups is 1. The number of aromatic amines is 1. The van der Waals surface area contributed by atoms with E-state index in [0.717, 1.165) is 33.3 Å². The molecule has 4 rings (SSSR count). The largest absolute Gasteiger partial charge is 0.395 e. The first-order chi connectivity index (χ1) is 12.2. The quantitative estimate of drug-likeness (QED) is 0.504. The van der Waals surface area contributed by atoms with Crippen molar-refractivity contribution in [3.8, 4) is 11.3 Å². The van der Waals surface area contributed by atoms with Crippen LogP contribution in [-0.4, -0.2) is 29.1 Å². The Labute approximate surface area is 162 Å². The second-order valence-electron chi connectivity index (χ2n) is 6.14. The molecule has 0 unspecified atom stereocenters. The smallest absolute Gasteiger partial charge is 0.252 e. The summed E-state index contributed by atoms with van der Waals surface area (Å²) in [7, 11) is 0. The van der Waals surface area contributed by atoms with Crippen LogP contribution in [0.1, 0.15) is 21.5 Å². The topological polar surface area (TPSA) is 77.2 Å². The van der Waals surface area contributed by atoms with Gasteiger partial charge < -0.3 is 20.7 Å². The third-order valence-corrected chi connectivity index (χ3v) is 4.86. The lowest BCUT2D eigenvalue weighted by Crippen LogP contribution is -2.17. The predicted octanol–water partition coefficient (Wildman–Crippen LogP) is 3.24. The molecular weight excluding hydrogens is 373 g/mol. The van der Waals surface area contributed by atoms with Gasteiger partial charge in [0.1, 0.15) is 0 Å². The summed E-state index contributed by atoms with van der Waals surface area (Å²) in [4.78, 5) is 15.6. The second kappa shape index (κ2) is 7.68. The van der Waals surface area contributed by atoms with Crippen molar-refractivity contribution in [1.82, 2.24) is 15.6 Å². The summed E-state index contributed by atoms with van der Waals surface area (Å²) in [5.74, 6) is -0.0833. The van der Waals surface area contributed by atoms with Gasteiger partial charge in [0.25, 0.3) is 5.91 Å². The van der Waals surface area contributed by atoms with Crippen molar-refractivity contribution >= 4 is 40.8 Å². The Hall–Kier alpha value is -2.05. The summed E-state index contributed by atoms with van der Waals surface area (Å²) in [6, 6.07) is 12.0. The van der Waals surface area contributed by atoms with E-state index in [-0.39, 0.29) is 24.9 Å². The molecule has 0 bridgehead atoms. The molecule has 7 heteroatoms. The molecule has 1 aromatic heterocycles. The highest BCUT2D eigenvalue weighted by Crippen LogP contribution is 2.34. The van der Waals surface area contributed by atoms with Gasteiger partial charge in [0.15, 0.2) is 0 Å². The zero-order valence-electron chi connectivity index (χ0n) is 13.9. The lowest BCUT2D eigenvalue weighted by Gasteiger charge is -2.06. The van der Waals surface area contributed by atoms with Crippen LogP contribution >= 0.6 is 24.0 Å². The minimum atomic E-state index is -0.0833. The van der Waals surface area contributed by atoms with Crippen LogP contribution in [-0.2, 0) is 13.1 Å². The molecule has 5 nitrogen and oxygen atoms in total. The van der Waals surface area contributed by atoms with Crippen molar-refractivity contribution in [2.45, 2.75) is 13.1 Å². The number of rotatable bonds is 5. The van der Waals surface area contributed by atoms with E-state index >= 15 is 0 Å². The van der Waals surface area contributed by atoms with Crippen molar-refractivity contribution in [3.05, 3.63) is 58.1 Å². The molecule has 4 N–H and O–H groups in total. The summed E-state index contributed by atoms with van der Waals surface area (Å²) >= 11 is 6.23. The number of nitrogens with one attached hydrogen (secondary N) is 3. The van der Waals surface area contributed by atoms with E-state index in [1.165, 1.54) is 0 Å². The number of fused-ring (bicyclic) bond motifs is 2. The van der Waals surface area contributed by atoms with Crippen LogP contribution in [0.3, 0.4) is 0 Å². The van der Waals surface area contributed by atoms with Crippen LogP contribution in [0.15, 0.2) is 36.4 Å². The van der Waals surface area contributed by atoms with E-state index in [1.807, 2.05) is 24.3 Å². The van der Waals surface area contributed by atoms with Crippen molar-refractivity contribution in [3.63, 3.8) is 0 Å². The molecule has 1 aliphatic rings. The second-order valence-corrected chi connectivity index (χ2v) is 6.54. The summed E-state index contributed by atoms with van der Waals surface area (Å²) in [5, 5.41) is 16.6. The number of hydrogen-bond acceptors (Lipinski definition) is 3. The summed E-state index contributed by atoms with van der Waals surface area (Å²) in [6.45, 7) is 1.88. The molecule has 0 saturated carbocycles. The predicted molar refractivity (Wildman–Crippen MR) is 106 cm³/mol. The van der Waals surface area contributed by atoms with E-state index in [1.54, 1.807) is 0 Å². The fraction of sp³-hybridized carbons (Fsp3) is 0.211. The van der Waals surface area contributed by atoms with Gasteiger partial charge in [0, 0.05) is 52.4 Å². The Morgan fingerprint density at radius 2 is 2.04 bits per heavy atom. The SMILES string of the molecule is Cl.O=C1NCc2c(Cl)ccc(-c3cc4cc(CNCCO)ccc4[nH]3)c21. The van der Waals surface area contributed by atoms with Gasteiger partial charge in [-0.2, -0.15) is 0 Å². The molecule has 0 saturated heterocycles. The van der Waals surface area contributed by atoms with Gasteiger partial charge in [0.2, 0.25) is 0 Å². The van der Waals surface area contributed by atoms with Gasteiger partial charge in [-0.15, -0.1) is 12.4 Å². The Morgan fingerprint density at radius 3 is 2.85 bits per heavy atom. The number of amides is 1. The Balaban J connectivity index is 0.00000196. The molecule has 2 heterocycles. The van der Waals surface area contributed by atoms with Gasteiger partial charge >= 0.3 is 0 Å².